The van der Waals surface area contributed by atoms with Crippen molar-refractivity contribution in [1.29, 1.82) is 0 Å². The molecule has 19 heavy (non-hydrogen) atoms. The molecule has 0 unspecified atom stereocenters. The van der Waals surface area contributed by atoms with Gasteiger partial charge in [-0.25, -0.2) is 0 Å². The SMILES string of the molecule is CC(=O)N[C@H](C(=O)NCc1ccc(C)n1C)C(C)C. The van der Waals surface area contributed by atoms with Crippen LogP contribution in [0.25, 0.3) is 0 Å². The van der Waals surface area contributed by atoms with Crippen LogP contribution < -0.4 is 10.6 Å². The standard InChI is InChI=1S/C14H23N3O2/c1-9(2)13(16-11(4)18)14(19)15-8-12-7-6-10(3)17(12)5/h6-7,9,13H,8H2,1-5H3,(H,15,19)(H,16,18)/t13-/m0/s1. The first-order valence-corrected chi connectivity index (χ1v) is 6.49. The molecule has 0 radical (unpaired) electrons. The van der Waals surface area contributed by atoms with Crippen LogP contribution in [0.1, 0.15) is 32.2 Å². The van der Waals surface area contributed by atoms with Crippen LogP contribution in [0.2, 0.25) is 0 Å². The van der Waals surface area contributed by atoms with E-state index in [1.54, 1.807) is 0 Å². The van der Waals surface area contributed by atoms with Gasteiger partial charge in [0.25, 0.3) is 0 Å². The summed E-state index contributed by atoms with van der Waals surface area (Å²) in [5.74, 6) is -0.285. The fourth-order valence-corrected chi connectivity index (χ4v) is 1.89. The molecule has 0 aromatic carbocycles. The van der Waals surface area contributed by atoms with E-state index in [0.717, 1.165) is 11.4 Å². The Morgan fingerprint density at radius 2 is 1.95 bits per heavy atom. The highest BCUT2D eigenvalue weighted by atomic mass is 16.2. The fraction of sp³-hybridized carbons (Fsp3) is 0.571. The monoisotopic (exact) mass is 265 g/mol. The zero-order valence-corrected chi connectivity index (χ0v) is 12.3. The molecule has 2 N–H and O–H groups in total. The van der Waals surface area contributed by atoms with E-state index in [2.05, 4.69) is 10.6 Å². The van der Waals surface area contributed by atoms with E-state index in [9.17, 15) is 9.59 Å². The van der Waals surface area contributed by atoms with Crippen LogP contribution in [-0.2, 0) is 23.2 Å². The Balaban J connectivity index is 2.62. The van der Waals surface area contributed by atoms with E-state index in [4.69, 9.17) is 0 Å². The Morgan fingerprint density at radius 1 is 1.32 bits per heavy atom. The van der Waals surface area contributed by atoms with Crippen molar-refractivity contribution in [3.63, 3.8) is 0 Å². The van der Waals surface area contributed by atoms with Gasteiger partial charge in [0.1, 0.15) is 6.04 Å². The first-order chi connectivity index (χ1) is 8.82. The van der Waals surface area contributed by atoms with Gasteiger partial charge in [-0.3, -0.25) is 9.59 Å². The number of nitrogens with one attached hydrogen (secondary N) is 2. The predicted molar refractivity (Wildman–Crippen MR) is 74.4 cm³/mol. The van der Waals surface area contributed by atoms with Crippen molar-refractivity contribution in [2.45, 2.75) is 40.3 Å². The van der Waals surface area contributed by atoms with Crippen molar-refractivity contribution in [3.8, 4) is 0 Å². The Bertz CT molecular complexity index is 463. The van der Waals surface area contributed by atoms with Crippen LogP contribution >= 0.6 is 0 Å². The molecule has 0 fully saturated rings. The molecule has 1 aromatic rings. The van der Waals surface area contributed by atoms with Gasteiger partial charge in [-0.15, -0.1) is 0 Å². The lowest BCUT2D eigenvalue weighted by Crippen LogP contribution is -2.48. The van der Waals surface area contributed by atoms with Crippen LogP contribution in [0.5, 0.6) is 0 Å². The van der Waals surface area contributed by atoms with Gasteiger partial charge in [0.2, 0.25) is 11.8 Å². The first-order valence-electron chi connectivity index (χ1n) is 6.49. The summed E-state index contributed by atoms with van der Waals surface area (Å²) >= 11 is 0. The summed E-state index contributed by atoms with van der Waals surface area (Å²) in [6.07, 6.45) is 0. The van der Waals surface area contributed by atoms with Crippen LogP contribution in [-0.4, -0.2) is 22.4 Å². The number of nitrogens with zero attached hydrogens (tertiary/aromatic N) is 1. The lowest BCUT2D eigenvalue weighted by Gasteiger charge is -2.21. The Kier molecular flexibility index (Phi) is 5.15. The second-order valence-electron chi connectivity index (χ2n) is 5.17. The minimum absolute atomic E-state index is 0.0547. The summed E-state index contributed by atoms with van der Waals surface area (Å²) in [6.45, 7) is 7.72. The van der Waals surface area contributed by atoms with E-state index >= 15 is 0 Å². The molecular weight excluding hydrogens is 242 g/mol. The van der Waals surface area contributed by atoms with Crippen molar-refractivity contribution < 1.29 is 9.59 Å². The van der Waals surface area contributed by atoms with Gasteiger partial charge in [-0.2, -0.15) is 0 Å². The second-order valence-corrected chi connectivity index (χ2v) is 5.17. The summed E-state index contributed by atoms with van der Waals surface area (Å²) < 4.78 is 2.03. The molecule has 0 aliphatic heterocycles. The number of hydrogen-bond acceptors (Lipinski definition) is 2. The number of amides is 2. The average Bonchev–Trinajstić information content (AvgIpc) is 2.63. The number of carbonyl (C=O) groups is 2. The molecule has 1 rings (SSSR count). The van der Waals surface area contributed by atoms with Crippen molar-refractivity contribution in [3.05, 3.63) is 23.5 Å². The quantitative estimate of drug-likeness (QED) is 0.837. The number of rotatable bonds is 5. The summed E-state index contributed by atoms with van der Waals surface area (Å²) in [4.78, 5) is 23.2. The number of hydrogen-bond donors (Lipinski definition) is 2. The van der Waals surface area contributed by atoms with Gasteiger partial charge in [-0.1, -0.05) is 13.8 Å². The highest BCUT2D eigenvalue weighted by molar-refractivity contribution is 5.86. The minimum atomic E-state index is -0.487. The lowest BCUT2D eigenvalue weighted by molar-refractivity contribution is -0.129. The normalized spacial score (nSPS) is 12.3. The molecule has 0 aliphatic carbocycles. The van der Waals surface area contributed by atoms with Gasteiger partial charge in [-0.05, 0) is 25.0 Å². The first kappa shape index (κ1) is 15.3. The number of aromatic nitrogens is 1. The summed E-state index contributed by atoms with van der Waals surface area (Å²) in [7, 11) is 1.96. The highest BCUT2D eigenvalue weighted by Gasteiger charge is 2.22. The Labute approximate surface area is 114 Å². The van der Waals surface area contributed by atoms with Crippen molar-refractivity contribution >= 4 is 11.8 Å². The van der Waals surface area contributed by atoms with Gasteiger partial charge in [0.15, 0.2) is 0 Å². The molecule has 1 aromatic heterocycles. The summed E-state index contributed by atoms with van der Waals surface area (Å²) in [5, 5.41) is 5.54. The summed E-state index contributed by atoms with van der Waals surface area (Å²) in [5.41, 5.74) is 2.18. The smallest absolute Gasteiger partial charge is 0.243 e. The van der Waals surface area contributed by atoms with Crippen molar-refractivity contribution in [1.82, 2.24) is 15.2 Å². The van der Waals surface area contributed by atoms with Crippen LogP contribution in [0.15, 0.2) is 12.1 Å². The van der Waals surface area contributed by atoms with Crippen LogP contribution in [0, 0.1) is 12.8 Å². The molecule has 0 aliphatic rings. The van der Waals surface area contributed by atoms with E-state index in [1.165, 1.54) is 6.92 Å². The molecule has 106 valence electrons. The molecule has 0 spiro atoms. The number of carbonyl (C=O) groups excluding carboxylic acids is 2. The molecule has 0 saturated carbocycles. The maximum Gasteiger partial charge on any atom is 0.243 e. The van der Waals surface area contributed by atoms with Gasteiger partial charge in [0.05, 0.1) is 6.54 Å². The molecular formula is C14H23N3O2. The minimum Gasteiger partial charge on any atom is -0.350 e. The van der Waals surface area contributed by atoms with Crippen molar-refractivity contribution in [2.24, 2.45) is 13.0 Å². The summed E-state index contributed by atoms with van der Waals surface area (Å²) in [6, 6.07) is 3.51. The predicted octanol–water partition coefficient (Wildman–Crippen LogP) is 1.11. The van der Waals surface area contributed by atoms with Crippen LogP contribution in [0.3, 0.4) is 0 Å². The fourth-order valence-electron chi connectivity index (χ4n) is 1.89. The van der Waals surface area contributed by atoms with Crippen LogP contribution in [0.4, 0.5) is 0 Å². The van der Waals surface area contributed by atoms with Gasteiger partial charge >= 0.3 is 0 Å². The van der Waals surface area contributed by atoms with Gasteiger partial charge < -0.3 is 15.2 Å². The van der Waals surface area contributed by atoms with Crippen molar-refractivity contribution in [2.75, 3.05) is 0 Å². The zero-order chi connectivity index (χ0) is 14.6. The van der Waals surface area contributed by atoms with E-state index in [0.29, 0.717) is 6.54 Å². The lowest BCUT2D eigenvalue weighted by atomic mass is 10.0. The highest BCUT2D eigenvalue weighted by Crippen LogP contribution is 2.06. The molecule has 5 heteroatoms. The Morgan fingerprint density at radius 3 is 2.37 bits per heavy atom. The average molecular weight is 265 g/mol. The Hall–Kier alpha value is -1.78. The topological polar surface area (TPSA) is 63.1 Å². The third-order valence-corrected chi connectivity index (χ3v) is 3.23. The maximum atomic E-state index is 12.1. The third kappa shape index (κ3) is 4.12. The largest absolute Gasteiger partial charge is 0.350 e. The molecule has 1 atom stereocenters. The molecule has 0 bridgehead atoms. The van der Waals surface area contributed by atoms with E-state index in [-0.39, 0.29) is 17.7 Å². The maximum absolute atomic E-state index is 12.1. The van der Waals surface area contributed by atoms with E-state index < -0.39 is 6.04 Å². The second kappa shape index (κ2) is 6.41. The zero-order valence-electron chi connectivity index (χ0n) is 12.3. The molecule has 5 nitrogen and oxygen atoms in total. The third-order valence-electron chi connectivity index (χ3n) is 3.23. The number of aryl methyl sites for hydroxylation is 1. The van der Waals surface area contributed by atoms with E-state index in [1.807, 2.05) is 44.5 Å². The molecule has 0 saturated heterocycles. The molecule has 2 amide bonds. The van der Waals surface area contributed by atoms with Gasteiger partial charge in [0, 0.05) is 25.4 Å². The molecule has 1 heterocycles.